The third-order valence-corrected chi connectivity index (χ3v) is 3.08. The van der Waals surface area contributed by atoms with E-state index in [1.807, 2.05) is 0 Å². The van der Waals surface area contributed by atoms with Crippen LogP contribution >= 0.6 is 0 Å². The largest absolute Gasteiger partial charge is 0.465 e. The Bertz CT molecular complexity index is 627. The van der Waals surface area contributed by atoms with Crippen LogP contribution in [0.3, 0.4) is 0 Å². The van der Waals surface area contributed by atoms with Gasteiger partial charge in [-0.15, -0.1) is 0 Å². The van der Waals surface area contributed by atoms with Gasteiger partial charge in [0.05, 0.1) is 5.54 Å². The number of nitrogens with one attached hydrogen (secondary N) is 1. The molecule has 0 radical (unpaired) electrons. The van der Waals surface area contributed by atoms with Crippen molar-refractivity contribution in [2.75, 3.05) is 0 Å². The summed E-state index contributed by atoms with van der Waals surface area (Å²) >= 11 is 0. The van der Waals surface area contributed by atoms with E-state index in [1.54, 1.807) is 50.5 Å². The van der Waals surface area contributed by atoms with Crippen molar-refractivity contribution in [2.45, 2.75) is 19.4 Å². The lowest BCUT2D eigenvalue weighted by Gasteiger charge is -2.25. The van der Waals surface area contributed by atoms with Crippen molar-refractivity contribution < 1.29 is 14.3 Å². The molecule has 1 heterocycles. The Labute approximate surface area is 116 Å². The lowest BCUT2D eigenvalue weighted by Crippen LogP contribution is -2.40. The van der Waals surface area contributed by atoms with Gasteiger partial charge in [0.1, 0.15) is 5.82 Å². The molecule has 0 saturated carbocycles. The van der Waals surface area contributed by atoms with Gasteiger partial charge in [-0.1, -0.05) is 12.1 Å². The third-order valence-electron chi connectivity index (χ3n) is 3.08. The van der Waals surface area contributed by atoms with Gasteiger partial charge in [0, 0.05) is 23.5 Å². The lowest BCUT2D eigenvalue weighted by atomic mass is 9.91. The van der Waals surface area contributed by atoms with E-state index < -0.39 is 11.6 Å². The number of hydrogen-bond acceptors (Lipinski definition) is 2. The summed E-state index contributed by atoms with van der Waals surface area (Å²) in [6.07, 6.45) is 2.06. The minimum Gasteiger partial charge on any atom is -0.465 e. The van der Waals surface area contributed by atoms with Crippen LogP contribution in [0.2, 0.25) is 0 Å². The Hall–Kier alpha value is -2.43. The number of hydrogen-bond donors (Lipinski definition) is 2. The van der Waals surface area contributed by atoms with Crippen LogP contribution in [0.5, 0.6) is 0 Å². The van der Waals surface area contributed by atoms with Gasteiger partial charge in [-0.25, -0.2) is 9.18 Å². The summed E-state index contributed by atoms with van der Waals surface area (Å²) in [6, 6.07) is 8.03. The van der Waals surface area contributed by atoms with E-state index in [0.29, 0.717) is 16.7 Å². The minimum absolute atomic E-state index is 0.368. The molecule has 0 aliphatic carbocycles. The first-order chi connectivity index (χ1) is 9.40. The van der Waals surface area contributed by atoms with Crippen molar-refractivity contribution in [1.82, 2.24) is 10.3 Å². The van der Waals surface area contributed by atoms with Crippen LogP contribution in [0.25, 0.3) is 11.1 Å². The van der Waals surface area contributed by atoms with Crippen LogP contribution < -0.4 is 5.32 Å². The van der Waals surface area contributed by atoms with Crippen LogP contribution in [0.1, 0.15) is 19.4 Å². The molecule has 4 nitrogen and oxygen atoms in total. The van der Waals surface area contributed by atoms with E-state index in [0.717, 1.165) is 0 Å². The van der Waals surface area contributed by atoms with E-state index in [4.69, 9.17) is 5.11 Å². The molecule has 2 rings (SSSR count). The Morgan fingerprint density at radius 3 is 2.70 bits per heavy atom. The van der Waals surface area contributed by atoms with Crippen molar-refractivity contribution in [2.24, 2.45) is 0 Å². The molecule has 104 valence electrons. The molecule has 1 aromatic carbocycles. The van der Waals surface area contributed by atoms with E-state index in [9.17, 15) is 9.18 Å². The van der Waals surface area contributed by atoms with Crippen molar-refractivity contribution in [3.05, 3.63) is 54.1 Å². The normalized spacial score (nSPS) is 11.2. The fourth-order valence-electron chi connectivity index (χ4n) is 2.00. The van der Waals surface area contributed by atoms with Gasteiger partial charge < -0.3 is 10.4 Å². The molecule has 2 N–H and O–H groups in total. The number of carbonyl (C=O) groups is 1. The molecule has 0 atom stereocenters. The molecule has 0 saturated heterocycles. The first kappa shape index (κ1) is 14.0. The smallest absolute Gasteiger partial charge is 0.405 e. The van der Waals surface area contributed by atoms with Crippen molar-refractivity contribution in [1.29, 1.82) is 0 Å². The highest BCUT2D eigenvalue weighted by atomic mass is 19.1. The van der Waals surface area contributed by atoms with Crippen LogP contribution in [-0.2, 0) is 5.54 Å². The van der Waals surface area contributed by atoms with E-state index in [1.165, 1.54) is 6.07 Å². The van der Waals surface area contributed by atoms with Gasteiger partial charge in [0.2, 0.25) is 0 Å². The molecule has 2 aromatic rings. The van der Waals surface area contributed by atoms with Crippen molar-refractivity contribution in [3.63, 3.8) is 0 Å². The summed E-state index contributed by atoms with van der Waals surface area (Å²) < 4.78 is 13.9. The maximum Gasteiger partial charge on any atom is 0.405 e. The van der Waals surface area contributed by atoms with Gasteiger partial charge in [-0.2, -0.15) is 0 Å². The summed E-state index contributed by atoms with van der Waals surface area (Å²) in [5, 5.41) is 11.3. The standard InChI is InChI=1S/C15H15FN2O2/c1-15(2,18-14(19)20)11-5-6-13(16)12(8-11)10-4-3-7-17-9-10/h3-9,18H,1-2H3,(H,19,20). The molecule has 0 aliphatic rings. The Balaban J connectivity index is 2.46. The lowest BCUT2D eigenvalue weighted by molar-refractivity contribution is 0.182. The SMILES string of the molecule is CC(C)(NC(=O)O)c1ccc(F)c(-c2cccnc2)c1. The molecule has 1 amide bonds. The number of benzene rings is 1. The summed E-state index contributed by atoms with van der Waals surface area (Å²) in [7, 11) is 0. The van der Waals surface area contributed by atoms with Crippen LogP contribution in [-0.4, -0.2) is 16.2 Å². The molecule has 0 spiro atoms. The average Bonchev–Trinajstić information content (AvgIpc) is 2.38. The van der Waals surface area contributed by atoms with Gasteiger partial charge >= 0.3 is 6.09 Å². The first-order valence-electron chi connectivity index (χ1n) is 6.12. The highest BCUT2D eigenvalue weighted by Gasteiger charge is 2.23. The number of nitrogens with zero attached hydrogens (tertiary/aromatic N) is 1. The Morgan fingerprint density at radius 2 is 2.10 bits per heavy atom. The minimum atomic E-state index is -1.12. The number of carboxylic acid groups (broad SMARTS) is 1. The van der Waals surface area contributed by atoms with Crippen LogP contribution in [0, 0.1) is 5.82 Å². The van der Waals surface area contributed by atoms with Crippen LogP contribution in [0.15, 0.2) is 42.7 Å². The zero-order valence-electron chi connectivity index (χ0n) is 11.2. The van der Waals surface area contributed by atoms with Gasteiger partial charge in [0.25, 0.3) is 0 Å². The zero-order valence-corrected chi connectivity index (χ0v) is 11.2. The molecule has 0 fully saturated rings. The van der Waals surface area contributed by atoms with E-state index >= 15 is 0 Å². The summed E-state index contributed by atoms with van der Waals surface area (Å²) in [4.78, 5) is 14.8. The molecular weight excluding hydrogens is 259 g/mol. The second kappa shape index (κ2) is 5.28. The van der Waals surface area contributed by atoms with E-state index in [2.05, 4.69) is 10.3 Å². The Kier molecular flexibility index (Phi) is 3.70. The number of pyridine rings is 1. The molecule has 0 aliphatic heterocycles. The fourth-order valence-corrected chi connectivity index (χ4v) is 2.00. The molecule has 5 heteroatoms. The molecule has 0 bridgehead atoms. The first-order valence-corrected chi connectivity index (χ1v) is 6.12. The van der Waals surface area contributed by atoms with Crippen molar-refractivity contribution >= 4 is 6.09 Å². The topological polar surface area (TPSA) is 62.2 Å². The number of amides is 1. The summed E-state index contributed by atoms with van der Waals surface area (Å²) in [5.41, 5.74) is 0.922. The Morgan fingerprint density at radius 1 is 1.35 bits per heavy atom. The third kappa shape index (κ3) is 2.93. The maximum atomic E-state index is 13.9. The quantitative estimate of drug-likeness (QED) is 0.901. The predicted octanol–water partition coefficient (Wildman–Crippen LogP) is 3.39. The van der Waals surface area contributed by atoms with Crippen molar-refractivity contribution in [3.8, 4) is 11.1 Å². The van der Waals surface area contributed by atoms with E-state index in [-0.39, 0.29) is 5.82 Å². The second-order valence-electron chi connectivity index (χ2n) is 4.99. The number of halogens is 1. The summed E-state index contributed by atoms with van der Waals surface area (Å²) in [6.45, 7) is 3.45. The summed E-state index contributed by atoms with van der Waals surface area (Å²) in [5.74, 6) is -0.368. The van der Waals surface area contributed by atoms with Gasteiger partial charge in [-0.3, -0.25) is 4.98 Å². The van der Waals surface area contributed by atoms with Crippen LogP contribution in [0.4, 0.5) is 9.18 Å². The zero-order chi connectivity index (χ0) is 14.8. The highest BCUT2D eigenvalue weighted by Crippen LogP contribution is 2.28. The predicted molar refractivity (Wildman–Crippen MR) is 73.8 cm³/mol. The molecular formula is C15H15FN2O2. The monoisotopic (exact) mass is 274 g/mol. The maximum absolute atomic E-state index is 13.9. The molecule has 1 aromatic heterocycles. The molecule has 0 unspecified atom stereocenters. The second-order valence-corrected chi connectivity index (χ2v) is 4.99. The fraction of sp³-hybridized carbons (Fsp3) is 0.200. The highest BCUT2D eigenvalue weighted by molar-refractivity contribution is 5.67. The van der Waals surface area contributed by atoms with Gasteiger partial charge in [-0.05, 0) is 37.6 Å². The van der Waals surface area contributed by atoms with Gasteiger partial charge in [0.15, 0.2) is 0 Å². The number of aromatic nitrogens is 1. The average molecular weight is 274 g/mol. The number of rotatable bonds is 3. The molecule has 20 heavy (non-hydrogen) atoms.